The minimum atomic E-state index is -4.48. The first-order valence-electron chi connectivity index (χ1n) is 3.49. The number of hydrogen-bond donors (Lipinski definition) is 2. The molecule has 0 bridgehead atoms. The van der Waals surface area contributed by atoms with Crippen molar-refractivity contribution < 1.29 is 18.1 Å². The maximum Gasteiger partial charge on any atom is 0.298 e. The summed E-state index contributed by atoms with van der Waals surface area (Å²) in [6, 6.07) is 4.53. The van der Waals surface area contributed by atoms with Crippen molar-refractivity contribution in [1.29, 1.82) is 0 Å². The second-order valence-corrected chi connectivity index (χ2v) is 4.05. The molecule has 0 aliphatic carbocycles. The Kier molecular flexibility index (Phi) is 2.65. The van der Waals surface area contributed by atoms with E-state index in [1.54, 1.807) is 19.1 Å². The zero-order chi connectivity index (χ0) is 10.1. The smallest absolute Gasteiger partial charge is 0.298 e. The number of aliphatic hydroxyl groups excluding tert-OH is 1. The van der Waals surface area contributed by atoms with Gasteiger partial charge in [0.05, 0.1) is 5.69 Å². The van der Waals surface area contributed by atoms with Gasteiger partial charge in [0.2, 0.25) is 5.44 Å². The van der Waals surface area contributed by atoms with Gasteiger partial charge in [-0.25, -0.2) is 0 Å². The molecule has 13 heavy (non-hydrogen) atoms. The van der Waals surface area contributed by atoms with Crippen LogP contribution in [0.3, 0.4) is 0 Å². The Morgan fingerprint density at radius 3 is 2.54 bits per heavy atom. The number of nitrogens with zero attached hydrogens (tertiary/aromatic N) is 1. The first-order valence-corrected chi connectivity index (χ1v) is 4.99. The largest absolute Gasteiger partial charge is 0.370 e. The van der Waals surface area contributed by atoms with E-state index in [-0.39, 0.29) is 5.69 Å². The average Bonchev–Trinajstić information content (AvgIpc) is 2.01. The predicted molar refractivity (Wildman–Crippen MR) is 45.5 cm³/mol. The molecule has 2 N–H and O–H groups in total. The zero-order valence-electron chi connectivity index (χ0n) is 6.88. The molecule has 1 aromatic heterocycles. The Balaban J connectivity index is 3.10. The molecule has 0 saturated heterocycles. The number of aromatic nitrogens is 1. The molecule has 72 valence electrons. The zero-order valence-corrected chi connectivity index (χ0v) is 7.69. The van der Waals surface area contributed by atoms with E-state index in [1.807, 2.05) is 0 Å². The molecule has 0 radical (unpaired) electrons. The van der Waals surface area contributed by atoms with Crippen molar-refractivity contribution >= 4 is 10.1 Å². The van der Waals surface area contributed by atoms with Crippen molar-refractivity contribution in [2.75, 3.05) is 0 Å². The van der Waals surface area contributed by atoms with Gasteiger partial charge < -0.3 is 5.11 Å². The molecule has 1 unspecified atom stereocenters. The molecule has 0 fully saturated rings. The van der Waals surface area contributed by atoms with Gasteiger partial charge in [-0.3, -0.25) is 9.54 Å². The van der Waals surface area contributed by atoms with Gasteiger partial charge in [-0.1, -0.05) is 6.07 Å². The molecule has 6 heteroatoms. The van der Waals surface area contributed by atoms with Gasteiger partial charge in [-0.15, -0.1) is 0 Å². The van der Waals surface area contributed by atoms with E-state index in [2.05, 4.69) is 4.98 Å². The second-order valence-electron chi connectivity index (χ2n) is 2.57. The maximum atomic E-state index is 10.5. The number of aryl methyl sites for hydroxylation is 1. The fourth-order valence-electron chi connectivity index (χ4n) is 0.854. The molecule has 0 aromatic carbocycles. The van der Waals surface area contributed by atoms with E-state index in [0.717, 1.165) is 0 Å². The van der Waals surface area contributed by atoms with Crippen LogP contribution in [0.25, 0.3) is 0 Å². The Morgan fingerprint density at radius 1 is 1.46 bits per heavy atom. The molecule has 5 nitrogen and oxygen atoms in total. The van der Waals surface area contributed by atoms with E-state index in [4.69, 9.17) is 9.66 Å². The van der Waals surface area contributed by atoms with E-state index >= 15 is 0 Å². The quantitative estimate of drug-likeness (QED) is 0.673. The molecule has 1 heterocycles. The van der Waals surface area contributed by atoms with Gasteiger partial charge in [0, 0.05) is 5.69 Å². The molecule has 1 rings (SSSR count). The summed E-state index contributed by atoms with van der Waals surface area (Å²) in [6.07, 6.45) is 0. The van der Waals surface area contributed by atoms with Crippen LogP contribution in [0.1, 0.15) is 16.8 Å². The van der Waals surface area contributed by atoms with Gasteiger partial charge in [-0.05, 0) is 19.1 Å². The third kappa shape index (κ3) is 2.48. The lowest BCUT2D eigenvalue weighted by atomic mass is 10.3. The summed E-state index contributed by atoms with van der Waals surface area (Å²) in [6.45, 7) is 1.65. The van der Waals surface area contributed by atoms with Crippen LogP contribution in [0.15, 0.2) is 18.2 Å². The van der Waals surface area contributed by atoms with Gasteiger partial charge in [0.25, 0.3) is 10.1 Å². The van der Waals surface area contributed by atoms with E-state index in [1.165, 1.54) is 6.07 Å². The minimum Gasteiger partial charge on any atom is -0.370 e. The fourth-order valence-corrected chi connectivity index (χ4v) is 1.29. The van der Waals surface area contributed by atoms with Crippen LogP contribution < -0.4 is 0 Å². The van der Waals surface area contributed by atoms with Crippen LogP contribution in [0, 0.1) is 6.92 Å². The van der Waals surface area contributed by atoms with Crippen LogP contribution in [-0.2, 0) is 10.1 Å². The Hall–Kier alpha value is -0.980. The van der Waals surface area contributed by atoms with Crippen molar-refractivity contribution in [2.45, 2.75) is 12.4 Å². The highest BCUT2D eigenvalue weighted by atomic mass is 32.2. The summed E-state index contributed by atoms with van der Waals surface area (Å²) >= 11 is 0. The van der Waals surface area contributed by atoms with Gasteiger partial charge >= 0.3 is 0 Å². The van der Waals surface area contributed by atoms with Crippen molar-refractivity contribution in [1.82, 2.24) is 4.98 Å². The lowest BCUT2D eigenvalue weighted by molar-refractivity contribution is 0.234. The highest BCUT2D eigenvalue weighted by Gasteiger charge is 2.22. The molecule has 0 saturated carbocycles. The van der Waals surface area contributed by atoms with Crippen LogP contribution in [0.2, 0.25) is 0 Å². The number of rotatable bonds is 2. The highest BCUT2D eigenvalue weighted by molar-refractivity contribution is 7.85. The topological polar surface area (TPSA) is 87.5 Å². The Labute approximate surface area is 75.8 Å². The van der Waals surface area contributed by atoms with Crippen LogP contribution in [-0.4, -0.2) is 23.1 Å². The monoisotopic (exact) mass is 203 g/mol. The summed E-state index contributed by atoms with van der Waals surface area (Å²) in [4.78, 5) is 3.75. The molecule has 1 aromatic rings. The van der Waals surface area contributed by atoms with Crippen molar-refractivity contribution in [3.8, 4) is 0 Å². The van der Waals surface area contributed by atoms with E-state index in [0.29, 0.717) is 5.69 Å². The lowest BCUT2D eigenvalue weighted by Crippen LogP contribution is -2.12. The molecule has 1 atom stereocenters. The van der Waals surface area contributed by atoms with Crippen LogP contribution in [0.5, 0.6) is 0 Å². The first kappa shape index (κ1) is 10.1. The molecule has 0 aliphatic rings. The minimum absolute atomic E-state index is 0.0810. The second kappa shape index (κ2) is 3.41. The van der Waals surface area contributed by atoms with Crippen molar-refractivity contribution in [2.24, 2.45) is 0 Å². The standard InChI is InChI=1S/C7H9NO4S/c1-5-3-2-4-6(8-5)7(9)13(10,11)12/h2-4,7,9H,1H3,(H,10,11,12). The van der Waals surface area contributed by atoms with Crippen LogP contribution >= 0.6 is 0 Å². The number of hydrogen-bond acceptors (Lipinski definition) is 4. The van der Waals surface area contributed by atoms with Gasteiger partial charge in [0.15, 0.2) is 0 Å². The third-order valence-corrected chi connectivity index (χ3v) is 2.25. The Morgan fingerprint density at radius 2 is 2.08 bits per heavy atom. The van der Waals surface area contributed by atoms with E-state index < -0.39 is 15.6 Å². The maximum absolute atomic E-state index is 10.5. The van der Waals surface area contributed by atoms with Crippen molar-refractivity contribution in [3.05, 3.63) is 29.6 Å². The highest BCUT2D eigenvalue weighted by Crippen LogP contribution is 2.15. The summed E-state index contributed by atoms with van der Waals surface area (Å²) in [5, 5.41) is 9.08. The summed E-state index contributed by atoms with van der Waals surface area (Å²) in [5.74, 6) is 0. The molecule has 0 amide bonds. The molecule has 0 aliphatic heterocycles. The number of aliphatic hydroxyl groups is 1. The van der Waals surface area contributed by atoms with Gasteiger partial charge in [0.1, 0.15) is 0 Å². The molecule has 0 spiro atoms. The van der Waals surface area contributed by atoms with Crippen LogP contribution in [0.4, 0.5) is 0 Å². The number of pyridine rings is 1. The first-order chi connectivity index (χ1) is 5.91. The average molecular weight is 203 g/mol. The summed E-state index contributed by atoms with van der Waals surface area (Å²) in [7, 11) is -4.48. The predicted octanol–water partition coefficient (Wildman–Crippen LogP) is 0.269. The summed E-state index contributed by atoms with van der Waals surface area (Å²) in [5.41, 5.74) is -1.48. The van der Waals surface area contributed by atoms with Gasteiger partial charge in [-0.2, -0.15) is 8.42 Å². The molecular formula is C7H9NO4S. The summed E-state index contributed by atoms with van der Waals surface area (Å²) < 4.78 is 29.5. The fraction of sp³-hybridized carbons (Fsp3) is 0.286. The molecular weight excluding hydrogens is 194 g/mol. The third-order valence-electron chi connectivity index (χ3n) is 1.45. The van der Waals surface area contributed by atoms with Crippen molar-refractivity contribution in [3.63, 3.8) is 0 Å². The lowest BCUT2D eigenvalue weighted by Gasteiger charge is -2.06. The SMILES string of the molecule is Cc1cccc(C(O)S(=O)(=O)O)n1. The van der Waals surface area contributed by atoms with E-state index in [9.17, 15) is 8.42 Å². The Bertz CT molecular complexity index is 401. The normalized spacial score (nSPS) is 14.1.